The van der Waals surface area contributed by atoms with Crippen LogP contribution in [0, 0.1) is 0 Å². The van der Waals surface area contributed by atoms with Crippen molar-refractivity contribution in [1.29, 1.82) is 0 Å². The molecule has 15 nitrogen and oxygen atoms in total. The lowest BCUT2D eigenvalue weighted by atomic mass is 9.95. The van der Waals surface area contributed by atoms with E-state index >= 15 is 0 Å². The molecule has 0 spiro atoms. The molecule has 61 heavy (non-hydrogen) atoms. The molecule has 0 bridgehead atoms. The second-order valence-electron chi connectivity index (χ2n) is 15.7. The van der Waals surface area contributed by atoms with Gasteiger partial charge in [-0.2, -0.15) is 0 Å². The number of phenols is 1. The third-order valence-electron chi connectivity index (χ3n) is 10.1. The summed E-state index contributed by atoms with van der Waals surface area (Å²) >= 11 is 0. The first-order valence-corrected chi connectivity index (χ1v) is 20.5. The van der Waals surface area contributed by atoms with Gasteiger partial charge in [0.15, 0.2) is 0 Å². The number of rotatable bonds is 20. The lowest BCUT2D eigenvalue weighted by molar-refractivity contribution is 0.0145. The molecule has 0 aliphatic carbocycles. The normalized spacial score (nSPS) is 13.7. The lowest BCUT2D eigenvalue weighted by Gasteiger charge is -2.19. The maximum absolute atomic E-state index is 13.0. The van der Waals surface area contributed by atoms with Gasteiger partial charge in [-0.25, -0.2) is 4.79 Å². The zero-order valence-corrected chi connectivity index (χ0v) is 34.7. The van der Waals surface area contributed by atoms with Crippen LogP contribution in [0.1, 0.15) is 75.6 Å². The van der Waals surface area contributed by atoms with Crippen LogP contribution >= 0.6 is 0 Å². The predicted molar refractivity (Wildman–Crippen MR) is 231 cm³/mol. The summed E-state index contributed by atoms with van der Waals surface area (Å²) in [6, 6.07) is 24.5. The summed E-state index contributed by atoms with van der Waals surface area (Å²) < 4.78 is 23.8. The van der Waals surface area contributed by atoms with Crippen molar-refractivity contribution in [3.8, 4) is 5.75 Å². The van der Waals surface area contributed by atoms with E-state index in [1.54, 1.807) is 36.5 Å². The minimum atomic E-state index is -0.540. The Kier molecular flexibility index (Phi) is 14.0. The van der Waals surface area contributed by atoms with E-state index in [1.165, 1.54) is 0 Å². The van der Waals surface area contributed by atoms with Crippen LogP contribution in [0.4, 0.5) is 4.79 Å². The highest BCUT2D eigenvalue weighted by molar-refractivity contribution is 6.01. The van der Waals surface area contributed by atoms with Gasteiger partial charge >= 0.3 is 6.09 Å². The number of ether oxygens (including phenoxy) is 4. The van der Waals surface area contributed by atoms with E-state index in [4.69, 9.17) is 18.9 Å². The molecule has 320 valence electrons. The van der Waals surface area contributed by atoms with Crippen LogP contribution in [-0.4, -0.2) is 95.9 Å². The van der Waals surface area contributed by atoms with Gasteiger partial charge in [-0.15, -0.1) is 0 Å². The fourth-order valence-electron chi connectivity index (χ4n) is 7.31. The third kappa shape index (κ3) is 11.3. The van der Waals surface area contributed by atoms with Gasteiger partial charge in [0.05, 0.1) is 57.9 Å². The number of hydrogen-bond donors (Lipinski definition) is 6. The summed E-state index contributed by atoms with van der Waals surface area (Å²) in [5.74, 6) is -0.242. The average molecular weight is 832 g/mol. The van der Waals surface area contributed by atoms with Gasteiger partial charge in [0.25, 0.3) is 11.8 Å². The van der Waals surface area contributed by atoms with Gasteiger partial charge in [0.2, 0.25) is 0 Å². The fourth-order valence-corrected chi connectivity index (χ4v) is 7.31. The van der Waals surface area contributed by atoms with Gasteiger partial charge in [0.1, 0.15) is 11.4 Å². The SMILES string of the molecule is CC(C)(C)OC(=O)NCCOCCOCCOCCNC(=O)c1ccnc(Cn2ccc3ccc(CNCc4[nH]c5ccccc5c4C4NC(=O)c5ccc(O)cc54)cc32)c1. The van der Waals surface area contributed by atoms with E-state index in [9.17, 15) is 19.5 Å². The molecule has 1 unspecified atom stereocenters. The van der Waals surface area contributed by atoms with Crippen molar-refractivity contribution in [2.24, 2.45) is 0 Å². The van der Waals surface area contributed by atoms with Gasteiger partial charge < -0.3 is 54.9 Å². The number of aromatic amines is 1. The molecular formula is C46H53N7O8. The fraction of sp³-hybridized carbons (Fsp3) is 0.348. The summed E-state index contributed by atoms with van der Waals surface area (Å²) in [4.78, 5) is 45.6. The molecule has 3 aromatic heterocycles. The number of carbonyl (C=O) groups excluding carboxylic acids is 3. The number of carbonyl (C=O) groups is 3. The Balaban J connectivity index is 0.851. The Morgan fingerprint density at radius 3 is 2.39 bits per heavy atom. The molecule has 15 heteroatoms. The molecular weight excluding hydrogens is 779 g/mol. The van der Waals surface area contributed by atoms with Crippen molar-refractivity contribution in [2.45, 2.75) is 52.0 Å². The molecule has 1 atom stereocenters. The van der Waals surface area contributed by atoms with Crippen LogP contribution in [0.3, 0.4) is 0 Å². The van der Waals surface area contributed by atoms with Crippen molar-refractivity contribution in [2.75, 3.05) is 52.7 Å². The van der Waals surface area contributed by atoms with E-state index < -0.39 is 17.7 Å². The molecule has 3 aromatic carbocycles. The van der Waals surface area contributed by atoms with Crippen molar-refractivity contribution in [3.05, 3.63) is 130 Å². The molecule has 1 aliphatic heterocycles. The van der Waals surface area contributed by atoms with Crippen LogP contribution < -0.4 is 21.3 Å². The first-order chi connectivity index (χ1) is 29.5. The van der Waals surface area contributed by atoms with Crippen molar-refractivity contribution >= 4 is 39.7 Å². The van der Waals surface area contributed by atoms with E-state index in [1.807, 2.05) is 51.2 Å². The minimum absolute atomic E-state index is 0.120. The van der Waals surface area contributed by atoms with Crippen molar-refractivity contribution < 1.29 is 38.4 Å². The lowest BCUT2D eigenvalue weighted by Crippen LogP contribution is -2.34. The zero-order chi connectivity index (χ0) is 42.8. The number of phenolic OH excluding ortho intramolecular Hbond substituents is 1. The monoisotopic (exact) mass is 831 g/mol. The Bertz CT molecular complexity index is 2470. The van der Waals surface area contributed by atoms with Crippen LogP contribution in [0.15, 0.2) is 91.3 Å². The van der Waals surface area contributed by atoms with Crippen LogP contribution in [0.25, 0.3) is 21.8 Å². The molecule has 6 N–H and O–H groups in total. The Morgan fingerprint density at radius 1 is 0.852 bits per heavy atom. The molecule has 6 aromatic rings. The van der Waals surface area contributed by atoms with Crippen LogP contribution in [0.2, 0.25) is 0 Å². The smallest absolute Gasteiger partial charge is 0.407 e. The number of para-hydroxylation sites is 1. The van der Waals surface area contributed by atoms with E-state index in [-0.39, 0.29) is 17.6 Å². The minimum Gasteiger partial charge on any atom is -0.508 e. The first kappa shape index (κ1) is 42.8. The Hall–Kier alpha value is -6.26. The quantitative estimate of drug-likeness (QED) is 0.0521. The number of aromatic hydroxyl groups is 1. The number of hydrogen-bond acceptors (Lipinski definition) is 10. The topological polar surface area (TPSA) is 190 Å². The first-order valence-electron chi connectivity index (χ1n) is 20.5. The van der Waals surface area contributed by atoms with Gasteiger partial charge in [-0.1, -0.05) is 30.3 Å². The highest BCUT2D eigenvalue weighted by atomic mass is 16.6. The van der Waals surface area contributed by atoms with Gasteiger partial charge in [-0.05, 0) is 85.8 Å². The number of H-pyrrole nitrogens is 1. The van der Waals surface area contributed by atoms with Crippen molar-refractivity contribution in [3.63, 3.8) is 0 Å². The number of pyridine rings is 1. The van der Waals surface area contributed by atoms with E-state index in [2.05, 4.69) is 60.1 Å². The molecule has 0 radical (unpaired) electrons. The summed E-state index contributed by atoms with van der Waals surface area (Å²) in [6.45, 7) is 9.99. The molecule has 4 heterocycles. The molecule has 7 rings (SSSR count). The zero-order valence-electron chi connectivity index (χ0n) is 34.7. The summed E-state index contributed by atoms with van der Waals surface area (Å²) in [6.07, 6.45) is 3.20. The largest absolute Gasteiger partial charge is 0.508 e. The third-order valence-corrected chi connectivity index (χ3v) is 10.1. The van der Waals surface area contributed by atoms with E-state index in [0.29, 0.717) is 83.5 Å². The highest BCUT2D eigenvalue weighted by Crippen LogP contribution is 2.38. The number of benzene rings is 3. The number of amides is 3. The van der Waals surface area contributed by atoms with E-state index in [0.717, 1.165) is 49.9 Å². The van der Waals surface area contributed by atoms with Gasteiger partial charge in [-0.3, -0.25) is 14.6 Å². The maximum Gasteiger partial charge on any atom is 0.407 e. The summed E-state index contributed by atoms with van der Waals surface area (Å²) in [5.41, 5.74) is 7.12. The second-order valence-corrected chi connectivity index (χ2v) is 15.7. The summed E-state index contributed by atoms with van der Waals surface area (Å²) in [5, 5.41) is 24.6. The van der Waals surface area contributed by atoms with Crippen LogP contribution in [0.5, 0.6) is 5.75 Å². The molecule has 0 saturated heterocycles. The summed E-state index contributed by atoms with van der Waals surface area (Å²) in [7, 11) is 0. The van der Waals surface area contributed by atoms with Crippen LogP contribution in [-0.2, 0) is 38.6 Å². The number of fused-ring (bicyclic) bond motifs is 3. The molecule has 1 aliphatic rings. The highest BCUT2D eigenvalue weighted by Gasteiger charge is 2.33. The predicted octanol–water partition coefficient (Wildman–Crippen LogP) is 5.70. The maximum atomic E-state index is 13.0. The Labute approximate surface area is 354 Å². The molecule has 0 fully saturated rings. The Morgan fingerprint density at radius 2 is 1.61 bits per heavy atom. The average Bonchev–Trinajstić information content (AvgIpc) is 3.90. The molecule has 3 amide bonds. The number of nitrogens with zero attached hydrogens (tertiary/aromatic N) is 2. The second kappa shape index (κ2) is 19.9. The number of alkyl carbamates (subject to hydrolysis) is 1. The standard InChI is InChI=1S/C46H53N7O8/c1-46(2,3)61-45(57)50-16-19-59-21-23-60-22-20-58-18-15-49-43(55)32-12-14-48-33(25-32)29-53-17-13-31-9-8-30(24-40(31)53)27-47-28-39-41(36-6-4-5-7-38(36)51-39)42-37-26-34(54)10-11-35(37)44(56)52-42/h4-14,17,24-26,42,47,51,54H,15-16,18-23,27-29H2,1-3H3,(H,49,55)(H,50,57)(H,52,56). The van der Waals surface area contributed by atoms with Crippen molar-refractivity contribution in [1.82, 2.24) is 35.8 Å². The molecule has 0 saturated carbocycles. The van der Waals surface area contributed by atoms with Gasteiger partial charge in [0, 0.05) is 77.4 Å². The number of nitrogens with one attached hydrogen (secondary N) is 5. The number of aromatic nitrogens is 3.